The number of nitrogens with one attached hydrogen (secondary N) is 2. The van der Waals surface area contributed by atoms with Gasteiger partial charge in [0.25, 0.3) is 5.91 Å². The third-order valence-corrected chi connectivity index (χ3v) is 3.56. The molecule has 1 aromatic carbocycles. The van der Waals surface area contributed by atoms with Crippen molar-refractivity contribution in [1.82, 2.24) is 15.5 Å². The van der Waals surface area contributed by atoms with Gasteiger partial charge < -0.3 is 10.6 Å². The average Bonchev–Trinajstić information content (AvgIpc) is 2.56. The Kier molecular flexibility index (Phi) is 6.09. The largest absolute Gasteiger partial charge is 0.351 e. The van der Waals surface area contributed by atoms with Crippen LogP contribution in [-0.4, -0.2) is 22.6 Å². The number of unbranched alkanes of at least 4 members (excludes halogenated alkanes) is 1. The average molecular weight is 312 g/mol. The van der Waals surface area contributed by atoms with Crippen LogP contribution in [-0.2, 0) is 0 Å². The van der Waals surface area contributed by atoms with Crippen molar-refractivity contribution in [1.29, 1.82) is 0 Å². The zero-order chi connectivity index (χ0) is 16.7. The van der Waals surface area contributed by atoms with Gasteiger partial charge in [-0.3, -0.25) is 4.79 Å². The molecule has 0 aliphatic heterocycles. The highest BCUT2D eigenvalue weighted by Crippen LogP contribution is 2.19. The summed E-state index contributed by atoms with van der Waals surface area (Å²) >= 11 is 0. The molecular formula is C18H24N4O. The van der Waals surface area contributed by atoms with Gasteiger partial charge in [-0.15, -0.1) is 10.2 Å². The summed E-state index contributed by atoms with van der Waals surface area (Å²) in [4.78, 5) is 11.9. The van der Waals surface area contributed by atoms with Crippen LogP contribution in [0.1, 0.15) is 55.6 Å². The van der Waals surface area contributed by atoms with Gasteiger partial charge in [-0.05, 0) is 42.2 Å². The summed E-state index contributed by atoms with van der Waals surface area (Å²) in [7, 11) is 0. The fraction of sp³-hybridized carbons (Fsp3) is 0.389. The summed E-state index contributed by atoms with van der Waals surface area (Å²) < 4.78 is 0. The lowest BCUT2D eigenvalue weighted by Crippen LogP contribution is -2.25. The molecule has 1 heterocycles. The van der Waals surface area contributed by atoms with Crippen molar-refractivity contribution in [2.75, 3.05) is 11.9 Å². The Labute approximate surface area is 137 Å². The number of aromatic nitrogens is 2. The van der Waals surface area contributed by atoms with Crippen molar-refractivity contribution in [3.63, 3.8) is 0 Å². The number of carbonyl (C=O) groups is 1. The van der Waals surface area contributed by atoms with Gasteiger partial charge in [0, 0.05) is 12.2 Å². The third-order valence-electron chi connectivity index (χ3n) is 3.56. The van der Waals surface area contributed by atoms with Crippen LogP contribution in [0.2, 0.25) is 0 Å². The summed E-state index contributed by atoms with van der Waals surface area (Å²) in [5.41, 5.74) is 2.58. The minimum atomic E-state index is -0.182. The number of benzene rings is 1. The molecule has 1 aromatic heterocycles. The predicted octanol–water partition coefficient (Wildman–Crippen LogP) is 3.87. The molecule has 23 heavy (non-hydrogen) atoms. The van der Waals surface area contributed by atoms with Crippen molar-refractivity contribution in [2.45, 2.75) is 39.5 Å². The number of rotatable bonds is 7. The number of hydrogen-bond donors (Lipinski definition) is 2. The fourth-order valence-electron chi connectivity index (χ4n) is 2.09. The van der Waals surface area contributed by atoms with Gasteiger partial charge in [-0.25, -0.2) is 0 Å². The number of hydrogen-bond acceptors (Lipinski definition) is 4. The van der Waals surface area contributed by atoms with Gasteiger partial charge in [0.15, 0.2) is 11.5 Å². The first-order valence-electron chi connectivity index (χ1n) is 8.09. The van der Waals surface area contributed by atoms with Crippen molar-refractivity contribution >= 4 is 17.4 Å². The predicted molar refractivity (Wildman–Crippen MR) is 93.1 cm³/mol. The van der Waals surface area contributed by atoms with Gasteiger partial charge >= 0.3 is 0 Å². The maximum atomic E-state index is 11.9. The Hall–Kier alpha value is -2.43. The quantitative estimate of drug-likeness (QED) is 0.762. The van der Waals surface area contributed by atoms with E-state index < -0.39 is 0 Å². The normalized spacial score (nSPS) is 10.6. The van der Waals surface area contributed by atoms with Gasteiger partial charge in [0.1, 0.15) is 0 Å². The zero-order valence-corrected chi connectivity index (χ0v) is 14.0. The lowest BCUT2D eigenvalue weighted by molar-refractivity contribution is 0.0947. The first-order valence-corrected chi connectivity index (χ1v) is 8.09. The molecule has 0 unspecified atom stereocenters. The molecule has 0 spiro atoms. The maximum Gasteiger partial charge on any atom is 0.271 e. The molecule has 2 N–H and O–H groups in total. The first-order chi connectivity index (χ1) is 11.1. The molecule has 0 saturated heterocycles. The van der Waals surface area contributed by atoms with E-state index in [9.17, 15) is 4.79 Å². The van der Waals surface area contributed by atoms with Gasteiger partial charge in [-0.1, -0.05) is 39.3 Å². The second-order valence-electron chi connectivity index (χ2n) is 5.81. The van der Waals surface area contributed by atoms with E-state index in [1.54, 1.807) is 12.1 Å². The zero-order valence-electron chi connectivity index (χ0n) is 14.0. The molecule has 2 aromatic rings. The van der Waals surface area contributed by atoms with Crippen LogP contribution in [0.5, 0.6) is 0 Å². The van der Waals surface area contributed by atoms with Crippen LogP contribution in [0.25, 0.3) is 0 Å². The molecule has 5 heteroatoms. The summed E-state index contributed by atoms with van der Waals surface area (Å²) in [5.74, 6) is 0.945. The van der Waals surface area contributed by atoms with Crippen molar-refractivity contribution in [2.24, 2.45) is 0 Å². The lowest BCUT2D eigenvalue weighted by atomic mass is 10.0. The number of carbonyl (C=O) groups excluding carboxylic acids is 1. The molecule has 0 fully saturated rings. The second-order valence-corrected chi connectivity index (χ2v) is 5.81. The summed E-state index contributed by atoms with van der Waals surface area (Å²) in [6, 6.07) is 11.7. The van der Waals surface area contributed by atoms with Crippen molar-refractivity contribution < 1.29 is 4.79 Å². The Morgan fingerprint density at radius 2 is 1.83 bits per heavy atom. The summed E-state index contributed by atoms with van der Waals surface area (Å²) in [6.07, 6.45) is 2.01. The Morgan fingerprint density at radius 1 is 1.09 bits per heavy atom. The molecule has 122 valence electrons. The van der Waals surface area contributed by atoms with Crippen LogP contribution in [0.4, 0.5) is 11.5 Å². The Bertz CT molecular complexity index is 620. The molecule has 0 aliphatic carbocycles. The minimum Gasteiger partial charge on any atom is -0.351 e. The Balaban J connectivity index is 1.95. The van der Waals surface area contributed by atoms with Crippen molar-refractivity contribution in [3.05, 3.63) is 47.7 Å². The standard InChI is InChI=1S/C18H24N4O/c1-4-5-12-19-18(23)16-10-11-17(22-21-16)20-15-8-6-14(7-9-15)13(2)3/h6-11,13H,4-5,12H2,1-3H3,(H,19,23)(H,20,22). The fourth-order valence-corrected chi connectivity index (χ4v) is 2.09. The third kappa shape index (κ3) is 5.06. The smallest absolute Gasteiger partial charge is 0.271 e. The van der Waals surface area contributed by atoms with E-state index in [4.69, 9.17) is 0 Å². The van der Waals surface area contributed by atoms with Crippen LogP contribution in [0.3, 0.4) is 0 Å². The van der Waals surface area contributed by atoms with Crippen molar-refractivity contribution in [3.8, 4) is 0 Å². The summed E-state index contributed by atoms with van der Waals surface area (Å²) in [5, 5.41) is 14.0. The highest BCUT2D eigenvalue weighted by atomic mass is 16.1. The van der Waals surface area contributed by atoms with Crippen LogP contribution >= 0.6 is 0 Å². The minimum absolute atomic E-state index is 0.182. The SMILES string of the molecule is CCCCNC(=O)c1ccc(Nc2ccc(C(C)C)cc2)nn1. The van der Waals surface area contributed by atoms with E-state index in [0.29, 0.717) is 24.0 Å². The van der Waals surface area contributed by atoms with Crippen LogP contribution in [0, 0.1) is 0 Å². The van der Waals surface area contributed by atoms with Crippen LogP contribution in [0.15, 0.2) is 36.4 Å². The van der Waals surface area contributed by atoms with E-state index in [-0.39, 0.29) is 5.91 Å². The monoisotopic (exact) mass is 312 g/mol. The molecule has 0 radical (unpaired) electrons. The number of anilines is 2. The first kappa shape index (κ1) is 16.9. The molecule has 5 nitrogen and oxygen atoms in total. The lowest BCUT2D eigenvalue weighted by Gasteiger charge is -2.09. The van der Waals surface area contributed by atoms with E-state index in [2.05, 4.69) is 53.7 Å². The van der Waals surface area contributed by atoms with E-state index >= 15 is 0 Å². The van der Waals surface area contributed by atoms with E-state index in [1.807, 2.05) is 12.1 Å². The van der Waals surface area contributed by atoms with Gasteiger partial charge in [0.05, 0.1) is 0 Å². The van der Waals surface area contributed by atoms with E-state index in [1.165, 1.54) is 5.56 Å². The highest BCUT2D eigenvalue weighted by molar-refractivity contribution is 5.92. The molecule has 0 saturated carbocycles. The molecule has 0 bridgehead atoms. The molecule has 1 amide bonds. The van der Waals surface area contributed by atoms with Crippen LogP contribution < -0.4 is 10.6 Å². The Morgan fingerprint density at radius 3 is 2.39 bits per heavy atom. The topological polar surface area (TPSA) is 66.9 Å². The molecule has 0 aliphatic rings. The molecule has 0 atom stereocenters. The molecular weight excluding hydrogens is 288 g/mol. The second kappa shape index (κ2) is 8.27. The maximum absolute atomic E-state index is 11.9. The summed E-state index contributed by atoms with van der Waals surface area (Å²) in [6.45, 7) is 7.08. The van der Waals surface area contributed by atoms with Gasteiger partial charge in [0.2, 0.25) is 0 Å². The highest BCUT2D eigenvalue weighted by Gasteiger charge is 2.07. The van der Waals surface area contributed by atoms with Gasteiger partial charge in [-0.2, -0.15) is 0 Å². The van der Waals surface area contributed by atoms with E-state index in [0.717, 1.165) is 18.5 Å². The molecule has 2 rings (SSSR count). The number of nitrogens with zero attached hydrogens (tertiary/aromatic N) is 2. The number of amides is 1.